The van der Waals surface area contributed by atoms with Gasteiger partial charge in [0.15, 0.2) is 0 Å². The van der Waals surface area contributed by atoms with Crippen LogP contribution in [-0.4, -0.2) is 39.7 Å². The van der Waals surface area contributed by atoms with Crippen LogP contribution in [0.4, 0.5) is 10.1 Å². The van der Waals surface area contributed by atoms with Crippen LogP contribution in [0, 0.1) is 11.3 Å². The van der Waals surface area contributed by atoms with E-state index in [9.17, 15) is 9.18 Å². The lowest BCUT2D eigenvalue weighted by Gasteiger charge is -2.36. The van der Waals surface area contributed by atoms with Crippen molar-refractivity contribution in [1.29, 1.82) is 5.26 Å². The van der Waals surface area contributed by atoms with E-state index >= 15 is 0 Å². The molecule has 0 unspecified atom stereocenters. The molecule has 1 aliphatic carbocycles. The van der Waals surface area contributed by atoms with Gasteiger partial charge in [0.25, 0.3) is 5.91 Å². The first-order valence-electron chi connectivity index (χ1n) is 11.5. The summed E-state index contributed by atoms with van der Waals surface area (Å²) in [6.07, 6.45) is 7.50. The molecule has 0 spiro atoms. The standard InChI is InChI=1S/C26H26FN5O/c27-15-25-24(17-32(30-25)23-8-4-18(16-28)5-9-23)26(33)29-21-7-6-19-10-12-31(22-2-1-3-22)13-11-20(19)14-21/h4-9,14,17,22H,1-3,10-13,15H2,(H,29,33). The highest BCUT2D eigenvalue weighted by Gasteiger charge is 2.26. The summed E-state index contributed by atoms with van der Waals surface area (Å²) in [5, 5.41) is 16.1. The smallest absolute Gasteiger partial charge is 0.259 e. The van der Waals surface area contributed by atoms with Crippen molar-refractivity contribution >= 4 is 11.6 Å². The predicted molar refractivity (Wildman–Crippen MR) is 124 cm³/mol. The van der Waals surface area contributed by atoms with E-state index in [1.807, 2.05) is 6.07 Å². The SMILES string of the molecule is N#Cc1ccc(-n2cc(C(=O)Nc3ccc4c(c3)CCN(C3CCC3)CC4)c(CF)n2)cc1. The summed E-state index contributed by atoms with van der Waals surface area (Å²) < 4.78 is 15.1. The third kappa shape index (κ3) is 4.39. The maximum absolute atomic E-state index is 13.6. The van der Waals surface area contributed by atoms with E-state index in [1.165, 1.54) is 41.3 Å². The van der Waals surface area contributed by atoms with Crippen molar-refractivity contribution in [2.75, 3.05) is 18.4 Å². The number of nitrogens with one attached hydrogen (secondary N) is 1. The Morgan fingerprint density at radius 3 is 2.55 bits per heavy atom. The van der Waals surface area contributed by atoms with Gasteiger partial charge in [-0.05, 0) is 73.2 Å². The molecule has 1 aromatic heterocycles. The van der Waals surface area contributed by atoms with Crippen molar-refractivity contribution in [2.24, 2.45) is 0 Å². The van der Waals surface area contributed by atoms with Crippen molar-refractivity contribution in [3.63, 3.8) is 0 Å². The van der Waals surface area contributed by atoms with E-state index in [0.717, 1.165) is 32.0 Å². The Kier molecular flexibility index (Phi) is 5.93. The number of nitrogens with zero attached hydrogens (tertiary/aromatic N) is 4. The minimum atomic E-state index is -0.840. The molecule has 6 nitrogen and oxygen atoms in total. The third-order valence-electron chi connectivity index (χ3n) is 6.81. The minimum Gasteiger partial charge on any atom is -0.322 e. The molecule has 1 saturated carbocycles. The van der Waals surface area contributed by atoms with Crippen LogP contribution < -0.4 is 5.32 Å². The number of carbonyl (C=O) groups is 1. The summed E-state index contributed by atoms with van der Waals surface area (Å²) in [6, 6.07) is 15.6. The fourth-order valence-electron chi connectivity index (χ4n) is 4.65. The highest BCUT2D eigenvalue weighted by molar-refractivity contribution is 6.05. The predicted octanol–water partition coefficient (Wildman–Crippen LogP) is 4.42. The first-order chi connectivity index (χ1) is 16.1. The molecule has 7 heteroatoms. The van der Waals surface area contributed by atoms with Crippen LogP contribution in [-0.2, 0) is 19.5 Å². The summed E-state index contributed by atoms with van der Waals surface area (Å²) in [5.74, 6) is -0.382. The molecule has 2 aliphatic rings. The van der Waals surface area contributed by atoms with E-state index in [4.69, 9.17) is 5.26 Å². The van der Waals surface area contributed by atoms with E-state index in [2.05, 4.69) is 33.5 Å². The van der Waals surface area contributed by atoms with Crippen molar-refractivity contribution in [3.8, 4) is 11.8 Å². The molecule has 2 aromatic carbocycles. The van der Waals surface area contributed by atoms with Crippen LogP contribution in [0.15, 0.2) is 48.7 Å². The van der Waals surface area contributed by atoms with Gasteiger partial charge < -0.3 is 5.32 Å². The number of alkyl halides is 1. The summed E-state index contributed by atoms with van der Waals surface area (Å²) >= 11 is 0. The maximum Gasteiger partial charge on any atom is 0.259 e. The molecule has 168 valence electrons. The number of anilines is 1. The van der Waals surface area contributed by atoms with Gasteiger partial charge in [-0.25, -0.2) is 9.07 Å². The van der Waals surface area contributed by atoms with E-state index < -0.39 is 6.67 Å². The second-order valence-corrected chi connectivity index (χ2v) is 8.78. The van der Waals surface area contributed by atoms with E-state index in [-0.39, 0.29) is 17.2 Å². The second-order valence-electron chi connectivity index (χ2n) is 8.78. The van der Waals surface area contributed by atoms with Gasteiger partial charge in [0.2, 0.25) is 0 Å². The van der Waals surface area contributed by atoms with Gasteiger partial charge >= 0.3 is 0 Å². The maximum atomic E-state index is 13.6. The molecule has 0 radical (unpaired) electrons. The van der Waals surface area contributed by atoms with E-state index in [1.54, 1.807) is 24.3 Å². The molecule has 1 aliphatic heterocycles. The quantitative estimate of drug-likeness (QED) is 0.634. The van der Waals surface area contributed by atoms with Gasteiger partial charge in [-0.1, -0.05) is 12.5 Å². The lowest BCUT2D eigenvalue weighted by atomic mass is 9.91. The van der Waals surface area contributed by atoms with Gasteiger partial charge in [0, 0.05) is 31.0 Å². The Hall–Kier alpha value is -3.50. The van der Waals surface area contributed by atoms with Gasteiger partial charge in [-0.15, -0.1) is 0 Å². The van der Waals surface area contributed by atoms with Crippen LogP contribution in [0.25, 0.3) is 5.69 Å². The lowest BCUT2D eigenvalue weighted by Crippen LogP contribution is -2.41. The fourth-order valence-corrected chi connectivity index (χ4v) is 4.65. The number of halogens is 1. The molecule has 0 saturated heterocycles. The number of fused-ring (bicyclic) bond motifs is 1. The molecular weight excluding hydrogens is 417 g/mol. The first kappa shape index (κ1) is 21.4. The van der Waals surface area contributed by atoms with Crippen molar-refractivity contribution < 1.29 is 9.18 Å². The molecule has 0 bridgehead atoms. The highest BCUT2D eigenvalue weighted by atomic mass is 19.1. The van der Waals surface area contributed by atoms with Gasteiger partial charge in [0.05, 0.1) is 22.9 Å². The number of carbonyl (C=O) groups excluding carboxylic acids is 1. The van der Waals surface area contributed by atoms with Gasteiger partial charge in [-0.3, -0.25) is 9.69 Å². The van der Waals surface area contributed by atoms with Gasteiger partial charge in [-0.2, -0.15) is 10.4 Å². The normalized spacial score (nSPS) is 16.4. The number of hydrogen-bond donors (Lipinski definition) is 1. The second kappa shape index (κ2) is 9.16. The topological polar surface area (TPSA) is 74.0 Å². The molecule has 1 amide bonds. The van der Waals surface area contributed by atoms with E-state index in [0.29, 0.717) is 16.9 Å². The Labute approximate surface area is 192 Å². The molecule has 0 atom stereocenters. The first-order valence-corrected chi connectivity index (χ1v) is 11.5. The molecule has 1 N–H and O–H groups in total. The zero-order valence-electron chi connectivity index (χ0n) is 18.4. The third-order valence-corrected chi connectivity index (χ3v) is 6.81. The number of amides is 1. The van der Waals surface area contributed by atoms with Crippen LogP contribution in [0.1, 0.15) is 52.0 Å². The van der Waals surface area contributed by atoms with Crippen molar-refractivity contribution in [3.05, 3.63) is 76.6 Å². The zero-order valence-corrected chi connectivity index (χ0v) is 18.4. The lowest BCUT2D eigenvalue weighted by molar-refractivity contribution is 0.102. The van der Waals surface area contributed by atoms with Crippen LogP contribution in [0.5, 0.6) is 0 Å². The zero-order chi connectivity index (χ0) is 22.8. The van der Waals surface area contributed by atoms with Gasteiger partial charge in [0.1, 0.15) is 12.4 Å². The molecular formula is C26H26FN5O. The Balaban J connectivity index is 1.32. The van der Waals surface area contributed by atoms with Crippen molar-refractivity contribution in [1.82, 2.24) is 14.7 Å². The Bertz CT molecular complexity index is 1210. The van der Waals surface area contributed by atoms with Crippen LogP contribution >= 0.6 is 0 Å². The molecule has 33 heavy (non-hydrogen) atoms. The summed E-state index contributed by atoms with van der Waals surface area (Å²) in [5.41, 5.74) is 4.79. The summed E-state index contributed by atoms with van der Waals surface area (Å²) in [7, 11) is 0. The number of rotatable bonds is 5. The summed E-state index contributed by atoms with van der Waals surface area (Å²) in [6.45, 7) is 1.31. The number of nitriles is 1. The molecule has 3 aromatic rings. The minimum absolute atomic E-state index is 0.0859. The fraction of sp³-hybridized carbons (Fsp3) is 0.346. The van der Waals surface area contributed by atoms with Crippen LogP contribution in [0.2, 0.25) is 0 Å². The molecule has 2 heterocycles. The molecule has 5 rings (SSSR count). The largest absolute Gasteiger partial charge is 0.322 e. The molecule has 1 fully saturated rings. The van der Waals surface area contributed by atoms with Crippen LogP contribution in [0.3, 0.4) is 0 Å². The average Bonchev–Trinajstić information content (AvgIpc) is 3.15. The summed E-state index contributed by atoms with van der Waals surface area (Å²) in [4.78, 5) is 15.6. The Morgan fingerprint density at radius 2 is 1.88 bits per heavy atom. The average molecular weight is 444 g/mol. The number of benzene rings is 2. The number of hydrogen-bond acceptors (Lipinski definition) is 4. The monoisotopic (exact) mass is 443 g/mol. The Morgan fingerprint density at radius 1 is 1.12 bits per heavy atom. The number of aromatic nitrogens is 2. The van der Waals surface area contributed by atoms with Crippen molar-refractivity contribution in [2.45, 2.75) is 44.8 Å². The highest BCUT2D eigenvalue weighted by Crippen LogP contribution is 2.28.